The van der Waals surface area contributed by atoms with E-state index >= 15 is 0 Å². The lowest BCUT2D eigenvalue weighted by molar-refractivity contribution is 1.30. The molecule has 0 aliphatic heterocycles. The van der Waals surface area contributed by atoms with Crippen LogP contribution in [0.1, 0.15) is 44.4 Å². The van der Waals surface area contributed by atoms with E-state index in [1.165, 1.54) is 33.4 Å². The molecule has 0 heterocycles. The highest BCUT2D eigenvalue weighted by atomic mass is 14.1. The molecule has 1 rings (SSSR count). The van der Waals surface area contributed by atoms with Crippen molar-refractivity contribution in [3.05, 3.63) is 52.1 Å². The molecule has 0 aromatic heterocycles. The molecule has 16 heavy (non-hydrogen) atoms. The van der Waals surface area contributed by atoms with E-state index in [2.05, 4.69) is 65.8 Å². The van der Waals surface area contributed by atoms with Crippen LogP contribution in [-0.4, -0.2) is 0 Å². The summed E-state index contributed by atoms with van der Waals surface area (Å²) in [6.45, 7) is 13.0. The number of rotatable bonds is 2. The highest BCUT2D eigenvalue weighted by Gasteiger charge is 2.05. The number of hydrogen-bond donors (Lipinski definition) is 0. The van der Waals surface area contributed by atoms with Gasteiger partial charge in [0.15, 0.2) is 0 Å². The van der Waals surface area contributed by atoms with E-state index in [9.17, 15) is 0 Å². The standard InChI is InChI=1S/C16H22/c1-11(2)10-14(5)15(6)16-12(3)8-7-9-13(16)4/h7-10H,1-6H3/b15-14-. The first-order valence-corrected chi connectivity index (χ1v) is 5.82. The number of aryl methyl sites for hydroxylation is 2. The van der Waals surface area contributed by atoms with Crippen molar-refractivity contribution in [1.29, 1.82) is 0 Å². The van der Waals surface area contributed by atoms with Gasteiger partial charge in [-0.1, -0.05) is 29.8 Å². The molecule has 1 aromatic carbocycles. The van der Waals surface area contributed by atoms with Crippen LogP contribution in [0.25, 0.3) is 5.57 Å². The predicted octanol–water partition coefficient (Wildman–Crippen LogP) is 5.06. The van der Waals surface area contributed by atoms with Crippen molar-refractivity contribution in [2.75, 3.05) is 0 Å². The van der Waals surface area contributed by atoms with Crippen LogP contribution in [0.5, 0.6) is 0 Å². The van der Waals surface area contributed by atoms with Crippen molar-refractivity contribution < 1.29 is 0 Å². The Morgan fingerprint density at radius 1 is 0.938 bits per heavy atom. The summed E-state index contributed by atoms with van der Waals surface area (Å²) in [5, 5.41) is 0. The van der Waals surface area contributed by atoms with E-state index in [-0.39, 0.29) is 0 Å². The van der Waals surface area contributed by atoms with E-state index in [4.69, 9.17) is 0 Å². The van der Waals surface area contributed by atoms with Gasteiger partial charge in [0, 0.05) is 0 Å². The monoisotopic (exact) mass is 214 g/mol. The minimum atomic E-state index is 1.35. The lowest BCUT2D eigenvalue weighted by Crippen LogP contribution is -1.92. The van der Waals surface area contributed by atoms with Crippen molar-refractivity contribution in [3.63, 3.8) is 0 Å². The molecule has 0 heteroatoms. The van der Waals surface area contributed by atoms with Crippen molar-refractivity contribution in [1.82, 2.24) is 0 Å². The van der Waals surface area contributed by atoms with Crippen LogP contribution in [0.4, 0.5) is 0 Å². The van der Waals surface area contributed by atoms with E-state index in [1.54, 1.807) is 0 Å². The van der Waals surface area contributed by atoms with Gasteiger partial charge < -0.3 is 0 Å². The highest BCUT2D eigenvalue weighted by Crippen LogP contribution is 2.26. The van der Waals surface area contributed by atoms with Crippen LogP contribution >= 0.6 is 0 Å². The Kier molecular flexibility index (Phi) is 4.12. The van der Waals surface area contributed by atoms with Crippen molar-refractivity contribution in [3.8, 4) is 0 Å². The largest absolute Gasteiger partial charge is 0.0762 e. The summed E-state index contributed by atoms with van der Waals surface area (Å²) in [5.74, 6) is 0. The van der Waals surface area contributed by atoms with Gasteiger partial charge in [-0.2, -0.15) is 0 Å². The summed E-state index contributed by atoms with van der Waals surface area (Å²) in [6.07, 6.45) is 2.25. The first-order valence-electron chi connectivity index (χ1n) is 5.82. The van der Waals surface area contributed by atoms with Gasteiger partial charge in [-0.3, -0.25) is 0 Å². The highest BCUT2D eigenvalue weighted by molar-refractivity contribution is 5.73. The second-order valence-electron chi connectivity index (χ2n) is 4.80. The van der Waals surface area contributed by atoms with Crippen LogP contribution in [0.3, 0.4) is 0 Å². The Morgan fingerprint density at radius 3 is 1.88 bits per heavy atom. The Bertz CT molecular complexity index is 421. The molecule has 0 amide bonds. The van der Waals surface area contributed by atoms with Gasteiger partial charge in [-0.15, -0.1) is 0 Å². The maximum Gasteiger partial charge on any atom is -0.0166 e. The molecule has 86 valence electrons. The SMILES string of the molecule is CC(C)=C/C(C)=C(/C)c1c(C)cccc1C. The van der Waals surface area contributed by atoms with Crippen LogP contribution in [-0.2, 0) is 0 Å². The first kappa shape index (κ1) is 12.8. The zero-order valence-corrected chi connectivity index (χ0v) is 11.3. The Morgan fingerprint density at radius 2 is 1.44 bits per heavy atom. The summed E-state index contributed by atoms with van der Waals surface area (Å²) in [6, 6.07) is 6.49. The third-order valence-electron chi connectivity index (χ3n) is 2.95. The molecule has 0 fully saturated rings. The molecule has 1 aromatic rings. The summed E-state index contributed by atoms with van der Waals surface area (Å²) < 4.78 is 0. The molecule has 0 N–H and O–H groups in total. The molecular weight excluding hydrogens is 192 g/mol. The molecule has 0 nitrogen and oxygen atoms in total. The van der Waals surface area contributed by atoms with E-state index in [0.717, 1.165) is 0 Å². The Hall–Kier alpha value is -1.30. The maximum absolute atomic E-state index is 2.25. The molecule has 0 radical (unpaired) electrons. The van der Waals surface area contributed by atoms with Gasteiger partial charge in [0.1, 0.15) is 0 Å². The second-order valence-corrected chi connectivity index (χ2v) is 4.80. The maximum atomic E-state index is 2.25. The third-order valence-corrected chi connectivity index (χ3v) is 2.95. The molecule has 0 saturated heterocycles. The first-order chi connectivity index (χ1) is 7.43. The van der Waals surface area contributed by atoms with Crippen LogP contribution in [0.15, 0.2) is 35.4 Å². The number of hydrogen-bond acceptors (Lipinski definition) is 0. The molecular formula is C16H22. The third kappa shape index (κ3) is 2.85. The van der Waals surface area contributed by atoms with Gasteiger partial charge in [0.25, 0.3) is 0 Å². The summed E-state index contributed by atoms with van der Waals surface area (Å²) in [5.41, 5.74) is 8.22. The van der Waals surface area contributed by atoms with E-state index < -0.39 is 0 Å². The van der Waals surface area contributed by atoms with E-state index in [0.29, 0.717) is 0 Å². The summed E-state index contributed by atoms with van der Waals surface area (Å²) in [4.78, 5) is 0. The van der Waals surface area contributed by atoms with Crippen molar-refractivity contribution >= 4 is 5.57 Å². The lowest BCUT2D eigenvalue weighted by atomic mass is 9.93. The fourth-order valence-corrected chi connectivity index (χ4v) is 2.14. The molecule has 0 aliphatic carbocycles. The van der Waals surface area contributed by atoms with Gasteiger partial charge in [-0.25, -0.2) is 0 Å². The van der Waals surface area contributed by atoms with Gasteiger partial charge >= 0.3 is 0 Å². The van der Waals surface area contributed by atoms with Gasteiger partial charge in [0.2, 0.25) is 0 Å². The predicted molar refractivity (Wildman–Crippen MR) is 73.6 cm³/mol. The second kappa shape index (κ2) is 5.16. The Labute approximate surface area is 99.7 Å². The van der Waals surface area contributed by atoms with Crippen molar-refractivity contribution in [2.24, 2.45) is 0 Å². The molecule has 0 unspecified atom stereocenters. The fourth-order valence-electron chi connectivity index (χ4n) is 2.14. The lowest BCUT2D eigenvalue weighted by Gasteiger charge is -2.12. The average Bonchev–Trinajstić information content (AvgIpc) is 2.16. The fraction of sp³-hybridized carbons (Fsp3) is 0.375. The Balaban J connectivity index is 3.34. The summed E-state index contributed by atoms with van der Waals surface area (Å²) in [7, 11) is 0. The number of benzene rings is 1. The normalized spacial score (nSPS) is 12.1. The van der Waals surface area contributed by atoms with Crippen molar-refractivity contribution in [2.45, 2.75) is 41.5 Å². The van der Waals surface area contributed by atoms with Gasteiger partial charge in [-0.05, 0) is 69.4 Å². The van der Waals surface area contributed by atoms with Crippen LogP contribution < -0.4 is 0 Å². The number of allylic oxidation sites excluding steroid dienone is 4. The van der Waals surface area contributed by atoms with E-state index in [1.807, 2.05) is 0 Å². The minimum absolute atomic E-state index is 1.35. The zero-order chi connectivity index (χ0) is 12.3. The van der Waals surface area contributed by atoms with Gasteiger partial charge in [0.05, 0.1) is 0 Å². The summed E-state index contributed by atoms with van der Waals surface area (Å²) >= 11 is 0. The molecule has 0 aliphatic rings. The topological polar surface area (TPSA) is 0 Å². The smallest absolute Gasteiger partial charge is 0.0166 e. The quantitative estimate of drug-likeness (QED) is 0.603. The zero-order valence-electron chi connectivity index (χ0n) is 11.3. The molecule has 0 spiro atoms. The molecule has 0 atom stereocenters. The molecule has 0 saturated carbocycles. The molecule has 0 bridgehead atoms. The van der Waals surface area contributed by atoms with Crippen LogP contribution in [0, 0.1) is 13.8 Å². The average molecular weight is 214 g/mol. The minimum Gasteiger partial charge on any atom is -0.0762 e. The van der Waals surface area contributed by atoms with Crippen LogP contribution in [0.2, 0.25) is 0 Å².